The number of rotatable bonds is 1. The number of hydrogen-bond donors (Lipinski definition) is 1. The van der Waals surface area contributed by atoms with Gasteiger partial charge in [-0.05, 0) is 12.1 Å². The predicted molar refractivity (Wildman–Crippen MR) is 51.7 cm³/mol. The second kappa shape index (κ2) is 3.44. The fraction of sp³-hybridized carbons (Fsp3) is 0. The van der Waals surface area contributed by atoms with Crippen molar-refractivity contribution in [3.63, 3.8) is 0 Å². The third-order valence-electron chi connectivity index (χ3n) is 1.66. The zero-order valence-corrected chi connectivity index (χ0v) is 7.82. The van der Waals surface area contributed by atoms with Gasteiger partial charge < -0.3 is 5.11 Å². The highest BCUT2D eigenvalue weighted by molar-refractivity contribution is 7.15. The van der Waals surface area contributed by atoms with Gasteiger partial charge in [-0.3, -0.25) is 0 Å². The maximum Gasteiger partial charge on any atom is 0.218 e. The van der Waals surface area contributed by atoms with Gasteiger partial charge in [0.15, 0.2) is 5.01 Å². The van der Waals surface area contributed by atoms with Crippen molar-refractivity contribution in [3.8, 4) is 22.4 Å². The molecule has 2 rings (SSSR count). The number of aromatic hydroxyl groups is 1. The van der Waals surface area contributed by atoms with E-state index in [-0.39, 0.29) is 5.75 Å². The number of benzene rings is 1. The molecular weight excluding hydrogens is 198 g/mol. The molecule has 1 N–H and O–H groups in total. The summed E-state index contributed by atoms with van der Waals surface area (Å²) in [5.41, 5.74) is 0.603. The first-order valence-electron chi connectivity index (χ1n) is 3.83. The molecule has 0 saturated heterocycles. The van der Waals surface area contributed by atoms with Gasteiger partial charge >= 0.3 is 0 Å². The van der Waals surface area contributed by atoms with Crippen molar-refractivity contribution in [2.24, 2.45) is 0 Å². The van der Waals surface area contributed by atoms with Gasteiger partial charge in [0.1, 0.15) is 11.8 Å². The summed E-state index contributed by atoms with van der Waals surface area (Å²) in [6, 6.07) is 8.73. The lowest BCUT2D eigenvalue weighted by Gasteiger charge is -1.97. The summed E-state index contributed by atoms with van der Waals surface area (Å²) in [6.07, 6.45) is 0. The van der Waals surface area contributed by atoms with Gasteiger partial charge in [0.05, 0.1) is 5.56 Å². The van der Waals surface area contributed by atoms with Gasteiger partial charge in [-0.15, -0.1) is 10.2 Å². The summed E-state index contributed by atoms with van der Waals surface area (Å²) in [5.74, 6) is 0.146. The van der Waals surface area contributed by atoms with Crippen LogP contribution >= 0.6 is 11.3 Å². The predicted octanol–water partition coefficient (Wildman–Crippen LogP) is 1.78. The van der Waals surface area contributed by atoms with Crippen molar-refractivity contribution >= 4 is 11.3 Å². The van der Waals surface area contributed by atoms with E-state index in [1.807, 2.05) is 6.07 Å². The Kier molecular flexibility index (Phi) is 2.13. The molecule has 0 aliphatic heterocycles. The molecule has 0 amide bonds. The highest BCUT2D eigenvalue weighted by Gasteiger charge is 2.08. The molecule has 0 aliphatic carbocycles. The van der Waals surface area contributed by atoms with Crippen LogP contribution in [0.2, 0.25) is 0 Å². The van der Waals surface area contributed by atoms with E-state index in [1.54, 1.807) is 24.3 Å². The summed E-state index contributed by atoms with van der Waals surface area (Å²) < 4.78 is 0. The molecule has 2 aromatic rings. The van der Waals surface area contributed by atoms with Crippen LogP contribution in [-0.2, 0) is 0 Å². The Morgan fingerprint density at radius 3 is 2.71 bits per heavy atom. The second-order valence-corrected chi connectivity index (χ2v) is 3.52. The molecule has 0 atom stereocenters. The lowest BCUT2D eigenvalue weighted by molar-refractivity contribution is 0.477. The van der Waals surface area contributed by atoms with E-state index in [0.29, 0.717) is 15.6 Å². The van der Waals surface area contributed by atoms with E-state index >= 15 is 0 Å². The van der Waals surface area contributed by atoms with Crippen LogP contribution in [0.25, 0.3) is 10.6 Å². The first-order chi connectivity index (χ1) is 6.81. The summed E-state index contributed by atoms with van der Waals surface area (Å²) >= 11 is 1.16. The quantitative estimate of drug-likeness (QED) is 0.767. The van der Waals surface area contributed by atoms with E-state index in [9.17, 15) is 5.11 Å². The van der Waals surface area contributed by atoms with E-state index in [0.717, 1.165) is 11.3 Å². The number of aromatic nitrogens is 2. The minimum atomic E-state index is 0.146. The van der Waals surface area contributed by atoms with Crippen LogP contribution in [0.4, 0.5) is 0 Å². The largest absolute Gasteiger partial charge is 0.507 e. The molecule has 5 heteroatoms. The monoisotopic (exact) mass is 203 g/mol. The van der Waals surface area contributed by atoms with Crippen molar-refractivity contribution in [3.05, 3.63) is 29.3 Å². The lowest BCUT2D eigenvalue weighted by Crippen LogP contribution is -1.77. The molecule has 1 heterocycles. The topological polar surface area (TPSA) is 69.8 Å². The number of nitriles is 1. The molecule has 14 heavy (non-hydrogen) atoms. The van der Waals surface area contributed by atoms with Gasteiger partial charge in [-0.2, -0.15) is 5.26 Å². The van der Waals surface area contributed by atoms with Crippen LogP contribution < -0.4 is 0 Å². The maximum absolute atomic E-state index is 9.50. The zero-order chi connectivity index (χ0) is 9.97. The Bertz CT molecular complexity index is 501. The van der Waals surface area contributed by atoms with Crippen molar-refractivity contribution in [2.75, 3.05) is 0 Å². The summed E-state index contributed by atoms with van der Waals surface area (Å²) in [5, 5.41) is 26.4. The molecule has 68 valence electrons. The zero-order valence-electron chi connectivity index (χ0n) is 7.01. The molecule has 1 aromatic carbocycles. The molecule has 0 saturated carbocycles. The summed E-state index contributed by atoms with van der Waals surface area (Å²) in [4.78, 5) is 0. The van der Waals surface area contributed by atoms with Crippen molar-refractivity contribution in [1.29, 1.82) is 5.26 Å². The lowest BCUT2D eigenvalue weighted by atomic mass is 10.2. The van der Waals surface area contributed by atoms with Crippen LogP contribution in [0.1, 0.15) is 5.01 Å². The average Bonchev–Trinajstić information content (AvgIpc) is 2.67. The van der Waals surface area contributed by atoms with Crippen LogP contribution in [0.5, 0.6) is 5.75 Å². The normalized spacial score (nSPS) is 9.64. The molecule has 0 spiro atoms. The number of nitrogens with zero attached hydrogens (tertiary/aromatic N) is 3. The van der Waals surface area contributed by atoms with E-state index in [2.05, 4.69) is 10.2 Å². The summed E-state index contributed by atoms with van der Waals surface area (Å²) in [7, 11) is 0. The molecule has 0 unspecified atom stereocenters. The third kappa shape index (κ3) is 1.43. The first kappa shape index (κ1) is 8.66. The van der Waals surface area contributed by atoms with Gasteiger partial charge in [0.2, 0.25) is 5.01 Å². The fourth-order valence-electron chi connectivity index (χ4n) is 1.03. The van der Waals surface area contributed by atoms with Crippen LogP contribution in [0.15, 0.2) is 24.3 Å². The molecule has 4 nitrogen and oxygen atoms in total. The first-order valence-corrected chi connectivity index (χ1v) is 4.65. The van der Waals surface area contributed by atoms with Gasteiger partial charge in [0, 0.05) is 0 Å². The van der Waals surface area contributed by atoms with Crippen LogP contribution in [0.3, 0.4) is 0 Å². The van der Waals surface area contributed by atoms with Gasteiger partial charge in [-0.1, -0.05) is 23.5 Å². The number of para-hydroxylation sites is 1. The molecule has 0 fully saturated rings. The van der Waals surface area contributed by atoms with Gasteiger partial charge in [0.25, 0.3) is 0 Å². The molecule has 0 radical (unpaired) electrons. The minimum Gasteiger partial charge on any atom is -0.507 e. The second-order valence-electron chi connectivity index (χ2n) is 2.54. The number of phenolic OH excluding ortho intramolecular Hbond substituents is 1. The molecule has 0 aliphatic rings. The standard InChI is InChI=1S/C9H5N3OS/c10-5-8-11-12-9(14-8)6-3-1-2-4-7(6)13/h1-4,13H. The smallest absolute Gasteiger partial charge is 0.218 e. The average molecular weight is 203 g/mol. The molecular formula is C9H5N3OS. The van der Waals surface area contributed by atoms with Crippen molar-refractivity contribution in [1.82, 2.24) is 10.2 Å². The maximum atomic E-state index is 9.50. The highest BCUT2D eigenvalue weighted by Crippen LogP contribution is 2.30. The summed E-state index contributed by atoms with van der Waals surface area (Å²) in [6.45, 7) is 0. The highest BCUT2D eigenvalue weighted by atomic mass is 32.1. The van der Waals surface area contributed by atoms with Crippen LogP contribution in [0, 0.1) is 11.3 Å². The SMILES string of the molecule is N#Cc1nnc(-c2ccccc2O)s1. The van der Waals surface area contributed by atoms with Crippen molar-refractivity contribution in [2.45, 2.75) is 0 Å². The van der Waals surface area contributed by atoms with E-state index < -0.39 is 0 Å². The molecule has 1 aromatic heterocycles. The Labute approximate surface area is 84.1 Å². The Hall–Kier alpha value is -1.93. The van der Waals surface area contributed by atoms with Crippen molar-refractivity contribution < 1.29 is 5.11 Å². The fourth-order valence-corrected chi connectivity index (χ4v) is 1.71. The van der Waals surface area contributed by atoms with E-state index in [4.69, 9.17) is 5.26 Å². The third-order valence-corrected chi connectivity index (χ3v) is 2.52. The minimum absolute atomic E-state index is 0.146. The van der Waals surface area contributed by atoms with Gasteiger partial charge in [-0.25, -0.2) is 0 Å². The Balaban J connectivity index is 2.51. The number of hydrogen-bond acceptors (Lipinski definition) is 5. The Morgan fingerprint density at radius 1 is 1.29 bits per heavy atom. The van der Waals surface area contributed by atoms with Crippen LogP contribution in [-0.4, -0.2) is 15.3 Å². The molecule has 0 bridgehead atoms. The van der Waals surface area contributed by atoms with E-state index in [1.165, 1.54) is 0 Å². The number of phenols is 1. The Morgan fingerprint density at radius 2 is 2.07 bits per heavy atom.